The average Bonchev–Trinajstić information content (AvgIpc) is 2.54. The van der Waals surface area contributed by atoms with Gasteiger partial charge in [0, 0.05) is 11.9 Å². The van der Waals surface area contributed by atoms with Gasteiger partial charge in [-0.2, -0.15) is 12.6 Å². The number of nitrogens with one attached hydrogen (secondary N) is 1. The van der Waals surface area contributed by atoms with E-state index in [-0.39, 0.29) is 18.8 Å². The minimum atomic E-state index is -0.706. The SMILES string of the molecule is CCOC(=O)C(=CNc1ccc(CCC(C)S)cc1)C(=O)OCC. The van der Waals surface area contributed by atoms with Crippen LogP contribution in [0.15, 0.2) is 36.0 Å². The van der Waals surface area contributed by atoms with Crippen LogP contribution in [-0.2, 0) is 25.5 Å². The van der Waals surface area contributed by atoms with Crippen LogP contribution in [0.5, 0.6) is 0 Å². The van der Waals surface area contributed by atoms with Crippen molar-refractivity contribution in [3.63, 3.8) is 0 Å². The number of esters is 2. The van der Waals surface area contributed by atoms with E-state index in [1.807, 2.05) is 24.3 Å². The maximum absolute atomic E-state index is 11.8. The molecule has 0 saturated heterocycles. The van der Waals surface area contributed by atoms with Crippen LogP contribution in [0.2, 0.25) is 0 Å². The van der Waals surface area contributed by atoms with Crippen molar-refractivity contribution in [3.8, 4) is 0 Å². The number of carbonyl (C=O) groups excluding carboxylic acids is 2. The van der Waals surface area contributed by atoms with Crippen LogP contribution in [0.1, 0.15) is 32.8 Å². The molecule has 0 aliphatic rings. The molecular weight excluding hydrogens is 326 g/mol. The number of aryl methyl sites for hydroxylation is 1. The van der Waals surface area contributed by atoms with Gasteiger partial charge >= 0.3 is 11.9 Å². The van der Waals surface area contributed by atoms with Gasteiger partial charge in [-0.05, 0) is 49.6 Å². The second kappa shape index (κ2) is 10.8. The van der Waals surface area contributed by atoms with Gasteiger partial charge in [0.1, 0.15) is 0 Å². The Labute approximate surface area is 148 Å². The molecule has 1 aromatic rings. The fourth-order valence-electron chi connectivity index (χ4n) is 1.92. The molecule has 0 spiro atoms. The summed E-state index contributed by atoms with van der Waals surface area (Å²) in [4.78, 5) is 23.7. The van der Waals surface area contributed by atoms with E-state index in [9.17, 15) is 9.59 Å². The Morgan fingerprint density at radius 2 is 1.67 bits per heavy atom. The zero-order valence-corrected chi connectivity index (χ0v) is 15.3. The Morgan fingerprint density at radius 3 is 2.12 bits per heavy atom. The molecule has 0 bridgehead atoms. The van der Waals surface area contributed by atoms with Crippen LogP contribution >= 0.6 is 12.6 Å². The third-order valence-corrected chi connectivity index (χ3v) is 3.44. The van der Waals surface area contributed by atoms with E-state index in [0.717, 1.165) is 18.5 Å². The van der Waals surface area contributed by atoms with E-state index in [4.69, 9.17) is 9.47 Å². The van der Waals surface area contributed by atoms with Gasteiger partial charge in [-0.3, -0.25) is 0 Å². The van der Waals surface area contributed by atoms with Gasteiger partial charge in [0.05, 0.1) is 13.2 Å². The molecule has 5 nitrogen and oxygen atoms in total. The topological polar surface area (TPSA) is 64.6 Å². The minimum absolute atomic E-state index is 0.160. The maximum Gasteiger partial charge on any atom is 0.347 e. The molecule has 1 atom stereocenters. The zero-order chi connectivity index (χ0) is 17.9. The van der Waals surface area contributed by atoms with Gasteiger partial charge in [-0.1, -0.05) is 19.1 Å². The quantitative estimate of drug-likeness (QED) is 0.235. The molecule has 0 aromatic heterocycles. The summed E-state index contributed by atoms with van der Waals surface area (Å²) < 4.78 is 9.76. The van der Waals surface area contributed by atoms with Gasteiger partial charge in [0.15, 0.2) is 5.57 Å². The van der Waals surface area contributed by atoms with Gasteiger partial charge in [0.2, 0.25) is 0 Å². The molecule has 1 N–H and O–H groups in total. The molecule has 0 heterocycles. The van der Waals surface area contributed by atoms with Gasteiger partial charge in [-0.25, -0.2) is 9.59 Å². The molecule has 1 unspecified atom stereocenters. The molecule has 0 amide bonds. The predicted octanol–water partition coefficient (Wildman–Crippen LogP) is 3.36. The molecule has 0 saturated carbocycles. The fraction of sp³-hybridized carbons (Fsp3) is 0.444. The lowest BCUT2D eigenvalue weighted by Gasteiger charge is -2.08. The number of anilines is 1. The van der Waals surface area contributed by atoms with E-state index < -0.39 is 11.9 Å². The van der Waals surface area contributed by atoms with Crippen LogP contribution in [-0.4, -0.2) is 30.4 Å². The summed E-state index contributed by atoms with van der Waals surface area (Å²) in [5, 5.41) is 3.30. The molecule has 0 radical (unpaired) electrons. The largest absolute Gasteiger partial charge is 0.462 e. The second-order valence-electron chi connectivity index (χ2n) is 5.23. The van der Waals surface area contributed by atoms with Crippen molar-refractivity contribution < 1.29 is 19.1 Å². The normalized spacial score (nSPS) is 11.3. The van der Waals surface area contributed by atoms with E-state index in [2.05, 4.69) is 24.9 Å². The summed E-state index contributed by atoms with van der Waals surface area (Å²) >= 11 is 4.37. The highest BCUT2D eigenvalue weighted by Gasteiger charge is 2.20. The Hall–Kier alpha value is -1.95. The van der Waals surface area contributed by atoms with Crippen LogP contribution < -0.4 is 5.32 Å². The van der Waals surface area contributed by atoms with Crippen molar-refractivity contribution in [1.82, 2.24) is 0 Å². The predicted molar refractivity (Wildman–Crippen MR) is 98.2 cm³/mol. The number of rotatable bonds is 9. The first kappa shape index (κ1) is 20.1. The van der Waals surface area contributed by atoms with Gasteiger partial charge < -0.3 is 14.8 Å². The third kappa shape index (κ3) is 7.08. The summed E-state index contributed by atoms with van der Waals surface area (Å²) in [6.45, 7) is 5.80. The van der Waals surface area contributed by atoms with Crippen LogP contribution in [0.4, 0.5) is 5.69 Å². The Morgan fingerprint density at radius 1 is 1.12 bits per heavy atom. The number of benzene rings is 1. The van der Waals surface area contributed by atoms with E-state index in [1.165, 1.54) is 11.8 Å². The van der Waals surface area contributed by atoms with Crippen molar-refractivity contribution in [1.29, 1.82) is 0 Å². The summed E-state index contributed by atoms with van der Waals surface area (Å²) in [7, 11) is 0. The highest BCUT2D eigenvalue weighted by atomic mass is 32.1. The first-order valence-electron chi connectivity index (χ1n) is 8.05. The van der Waals surface area contributed by atoms with E-state index >= 15 is 0 Å². The fourth-order valence-corrected chi connectivity index (χ4v) is 2.05. The van der Waals surface area contributed by atoms with Crippen LogP contribution in [0.3, 0.4) is 0 Å². The van der Waals surface area contributed by atoms with Crippen LogP contribution in [0, 0.1) is 0 Å². The zero-order valence-electron chi connectivity index (χ0n) is 14.4. The molecular formula is C18H25NO4S. The lowest BCUT2D eigenvalue weighted by Crippen LogP contribution is -2.19. The molecule has 1 aromatic carbocycles. The monoisotopic (exact) mass is 351 g/mol. The lowest BCUT2D eigenvalue weighted by molar-refractivity contribution is -0.146. The standard InChI is InChI=1S/C18H25NO4S/c1-4-22-17(20)16(18(21)23-5-2)12-19-15-10-8-14(9-11-15)7-6-13(3)24/h8-13,19,24H,4-7H2,1-3H3. The van der Waals surface area contributed by atoms with E-state index in [1.54, 1.807) is 13.8 Å². The Kier molecular flexibility index (Phi) is 9.01. The first-order valence-corrected chi connectivity index (χ1v) is 8.57. The van der Waals surface area contributed by atoms with Gasteiger partial charge in [0.25, 0.3) is 0 Å². The summed E-state index contributed by atoms with van der Waals surface area (Å²) in [5.74, 6) is -1.41. The van der Waals surface area contributed by atoms with Crippen molar-refractivity contribution >= 4 is 30.3 Å². The number of thiol groups is 1. The highest BCUT2D eigenvalue weighted by Crippen LogP contribution is 2.14. The van der Waals surface area contributed by atoms with Crippen molar-refractivity contribution in [2.45, 2.75) is 38.9 Å². The van der Waals surface area contributed by atoms with Gasteiger partial charge in [-0.15, -0.1) is 0 Å². The maximum atomic E-state index is 11.8. The lowest BCUT2D eigenvalue weighted by atomic mass is 10.1. The summed E-state index contributed by atoms with van der Waals surface area (Å²) in [5.41, 5.74) is 1.82. The average molecular weight is 351 g/mol. The second-order valence-corrected chi connectivity index (χ2v) is 6.11. The summed E-state index contributed by atoms with van der Waals surface area (Å²) in [6, 6.07) is 7.79. The van der Waals surface area contributed by atoms with Crippen molar-refractivity contribution in [2.75, 3.05) is 18.5 Å². The third-order valence-electron chi connectivity index (χ3n) is 3.18. The van der Waals surface area contributed by atoms with Crippen molar-refractivity contribution in [3.05, 3.63) is 41.6 Å². The van der Waals surface area contributed by atoms with E-state index in [0.29, 0.717) is 5.25 Å². The Balaban J connectivity index is 2.77. The Bertz CT molecular complexity index is 547. The molecule has 0 aliphatic carbocycles. The number of carbonyl (C=O) groups is 2. The number of hydrogen-bond donors (Lipinski definition) is 2. The first-order chi connectivity index (χ1) is 11.5. The highest BCUT2D eigenvalue weighted by molar-refractivity contribution is 7.80. The molecule has 6 heteroatoms. The minimum Gasteiger partial charge on any atom is -0.462 e. The number of hydrogen-bond acceptors (Lipinski definition) is 6. The summed E-state index contributed by atoms with van der Waals surface area (Å²) in [6.07, 6.45) is 3.28. The van der Waals surface area contributed by atoms with Crippen molar-refractivity contribution in [2.24, 2.45) is 0 Å². The molecule has 0 aliphatic heterocycles. The molecule has 132 valence electrons. The smallest absolute Gasteiger partial charge is 0.347 e. The van der Waals surface area contributed by atoms with Crippen LogP contribution in [0.25, 0.3) is 0 Å². The molecule has 0 fully saturated rings. The number of ether oxygens (including phenoxy) is 2. The molecule has 24 heavy (non-hydrogen) atoms. The molecule has 1 rings (SSSR count).